The van der Waals surface area contributed by atoms with Crippen molar-refractivity contribution in [2.24, 2.45) is 0 Å². The molecule has 1 amide bonds. The Balaban J connectivity index is 1.54. The number of hydrogen-bond acceptors (Lipinski definition) is 8. The number of rotatable bonds is 8. The predicted molar refractivity (Wildman–Crippen MR) is 104 cm³/mol. The zero-order chi connectivity index (χ0) is 18.4. The van der Waals surface area contributed by atoms with Gasteiger partial charge in [0.25, 0.3) is 0 Å². The Morgan fingerprint density at radius 3 is 2.73 bits per heavy atom. The molecular formula is C17H19N5O2S2. The Kier molecular flexibility index (Phi) is 6.26. The average Bonchev–Trinajstić information content (AvgIpc) is 3.25. The molecule has 7 nitrogen and oxygen atoms in total. The van der Waals surface area contributed by atoms with E-state index in [4.69, 9.17) is 4.74 Å². The lowest BCUT2D eigenvalue weighted by Gasteiger charge is -2.03. The highest BCUT2D eigenvalue weighted by atomic mass is 32.1. The highest BCUT2D eigenvalue weighted by Gasteiger charge is 2.11. The van der Waals surface area contributed by atoms with Crippen LogP contribution in [-0.4, -0.2) is 28.2 Å². The second kappa shape index (κ2) is 8.84. The Hall–Kier alpha value is -2.36. The molecule has 0 bridgehead atoms. The van der Waals surface area contributed by atoms with E-state index in [1.807, 2.05) is 17.5 Å². The first kappa shape index (κ1) is 18.4. The second-order valence-electron chi connectivity index (χ2n) is 5.48. The van der Waals surface area contributed by atoms with E-state index in [9.17, 15) is 4.79 Å². The number of amides is 1. The topological polar surface area (TPSA) is 89.0 Å². The fourth-order valence-electron chi connectivity index (χ4n) is 2.21. The lowest BCUT2D eigenvalue weighted by molar-refractivity contribution is -0.115. The van der Waals surface area contributed by atoms with Gasteiger partial charge in [0.15, 0.2) is 5.13 Å². The molecule has 9 heteroatoms. The second-order valence-corrected chi connectivity index (χ2v) is 7.40. The molecule has 0 radical (unpaired) electrons. The fourth-order valence-corrected chi connectivity index (χ4v) is 3.67. The van der Waals surface area contributed by atoms with E-state index in [-0.39, 0.29) is 12.3 Å². The number of aryl methyl sites for hydroxylation is 1. The first-order chi connectivity index (χ1) is 12.7. The normalized spacial score (nSPS) is 10.7. The van der Waals surface area contributed by atoms with E-state index in [0.717, 1.165) is 22.2 Å². The highest BCUT2D eigenvalue weighted by Crippen LogP contribution is 2.22. The summed E-state index contributed by atoms with van der Waals surface area (Å²) in [5.41, 5.74) is 2.98. The van der Waals surface area contributed by atoms with Gasteiger partial charge in [0.2, 0.25) is 11.0 Å². The summed E-state index contributed by atoms with van der Waals surface area (Å²) in [6, 6.07) is 8.23. The largest absolute Gasteiger partial charge is 0.377 e. The van der Waals surface area contributed by atoms with E-state index in [2.05, 4.69) is 44.9 Å². The molecule has 0 unspecified atom stereocenters. The Morgan fingerprint density at radius 1 is 1.19 bits per heavy atom. The minimum absolute atomic E-state index is 0.172. The smallest absolute Gasteiger partial charge is 0.232 e. The molecule has 0 aliphatic rings. The molecule has 0 saturated heterocycles. The summed E-state index contributed by atoms with van der Waals surface area (Å²) in [7, 11) is 1.59. The SMILES string of the molecule is CCc1ccc(Nc2nc(CC(=O)Nc3nnc(COC)s3)cs2)cc1. The van der Waals surface area contributed by atoms with Gasteiger partial charge in [0.05, 0.1) is 12.1 Å². The minimum Gasteiger partial charge on any atom is -0.377 e. The maximum absolute atomic E-state index is 12.1. The molecule has 0 aliphatic carbocycles. The number of ether oxygens (including phenoxy) is 1. The van der Waals surface area contributed by atoms with Crippen molar-refractivity contribution >= 4 is 44.5 Å². The standard InChI is InChI=1S/C17H19N5O2S2/c1-3-11-4-6-12(7-5-11)18-16-19-13(10-25-16)8-14(23)20-17-22-21-15(26-17)9-24-2/h4-7,10H,3,8-9H2,1-2H3,(H,18,19)(H,20,22,23). The fraction of sp³-hybridized carbons (Fsp3) is 0.294. The molecule has 0 atom stereocenters. The number of aromatic nitrogens is 3. The lowest BCUT2D eigenvalue weighted by atomic mass is 10.1. The van der Waals surface area contributed by atoms with Crippen LogP contribution in [0.15, 0.2) is 29.6 Å². The van der Waals surface area contributed by atoms with Crippen LogP contribution in [-0.2, 0) is 29.0 Å². The van der Waals surface area contributed by atoms with Crippen LogP contribution < -0.4 is 10.6 Å². The van der Waals surface area contributed by atoms with Crippen LogP contribution in [0.4, 0.5) is 16.0 Å². The number of carbonyl (C=O) groups excluding carboxylic acids is 1. The van der Waals surface area contributed by atoms with E-state index >= 15 is 0 Å². The third kappa shape index (κ3) is 5.07. The highest BCUT2D eigenvalue weighted by molar-refractivity contribution is 7.15. The summed E-state index contributed by atoms with van der Waals surface area (Å²) in [5.74, 6) is -0.172. The number of nitrogens with one attached hydrogen (secondary N) is 2. The summed E-state index contributed by atoms with van der Waals surface area (Å²) in [6.07, 6.45) is 1.20. The van der Waals surface area contributed by atoms with Gasteiger partial charge < -0.3 is 15.4 Å². The van der Waals surface area contributed by atoms with Crippen LogP contribution >= 0.6 is 22.7 Å². The molecule has 3 rings (SSSR count). The van der Waals surface area contributed by atoms with Gasteiger partial charge in [-0.05, 0) is 24.1 Å². The maximum Gasteiger partial charge on any atom is 0.232 e. The number of thiazole rings is 1. The van der Waals surface area contributed by atoms with Crippen LogP contribution in [0.5, 0.6) is 0 Å². The molecule has 2 N–H and O–H groups in total. The van der Waals surface area contributed by atoms with Gasteiger partial charge in [-0.2, -0.15) is 0 Å². The molecular weight excluding hydrogens is 370 g/mol. The van der Waals surface area contributed by atoms with Gasteiger partial charge in [-0.3, -0.25) is 4.79 Å². The van der Waals surface area contributed by atoms with Crippen molar-refractivity contribution in [1.82, 2.24) is 15.2 Å². The third-order valence-corrected chi connectivity index (χ3v) is 5.11. The molecule has 0 fully saturated rings. The molecule has 0 saturated carbocycles. The first-order valence-electron chi connectivity index (χ1n) is 8.07. The van der Waals surface area contributed by atoms with E-state index in [0.29, 0.717) is 17.4 Å². The minimum atomic E-state index is -0.172. The van der Waals surface area contributed by atoms with Crippen LogP contribution in [0, 0.1) is 0 Å². The van der Waals surface area contributed by atoms with Gasteiger partial charge in [0, 0.05) is 18.2 Å². The van der Waals surface area contributed by atoms with Crippen molar-refractivity contribution in [2.45, 2.75) is 26.4 Å². The van der Waals surface area contributed by atoms with Crippen LogP contribution in [0.3, 0.4) is 0 Å². The Labute approximate surface area is 159 Å². The van der Waals surface area contributed by atoms with Crippen molar-refractivity contribution in [3.05, 3.63) is 45.9 Å². The molecule has 26 heavy (non-hydrogen) atoms. The number of hydrogen-bond donors (Lipinski definition) is 2. The molecule has 136 valence electrons. The van der Waals surface area contributed by atoms with Crippen LogP contribution in [0.1, 0.15) is 23.2 Å². The summed E-state index contributed by atoms with van der Waals surface area (Å²) in [5, 5.41) is 17.7. The van der Waals surface area contributed by atoms with Gasteiger partial charge in [-0.25, -0.2) is 4.98 Å². The molecule has 1 aromatic carbocycles. The van der Waals surface area contributed by atoms with Gasteiger partial charge >= 0.3 is 0 Å². The number of anilines is 3. The summed E-state index contributed by atoms with van der Waals surface area (Å²) in [4.78, 5) is 16.6. The van der Waals surface area contributed by atoms with E-state index in [1.165, 1.54) is 28.2 Å². The summed E-state index contributed by atoms with van der Waals surface area (Å²) in [6.45, 7) is 2.51. The zero-order valence-electron chi connectivity index (χ0n) is 14.5. The lowest BCUT2D eigenvalue weighted by Crippen LogP contribution is -2.14. The van der Waals surface area contributed by atoms with Crippen molar-refractivity contribution in [1.29, 1.82) is 0 Å². The Morgan fingerprint density at radius 2 is 2.00 bits per heavy atom. The molecule has 2 aromatic heterocycles. The number of benzene rings is 1. The van der Waals surface area contributed by atoms with E-state index in [1.54, 1.807) is 7.11 Å². The molecule has 3 aromatic rings. The predicted octanol–water partition coefficient (Wildman–Crippen LogP) is 3.63. The van der Waals surface area contributed by atoms with Crippen molar-refractivity contribution < 1.29 is 9.53 Å². The third-order valence-electron chi connectivity index (χ3n) is 3.49. The first-order valence-corrected chi connectivity index (χ1v) is 9.77. The van der Waals surface area contributed by atoms with Gasteiger partial charge in [-0.15, -0.1) is 21.5 Å². The van der Waals surface area contributed by atoms with Crippen molar-refractivity contribution in [3.63, 3.8) is 0 Å². The van der Waals surface area contributed by atoms with Gasteiger partial charge in [0.1, 0.15) is 11.6 Å². The number of nitrogens with zero attached hydrogens (tertiary/aromatic N) is 3. The van der Waals surface area contributed by atoms with Crippen molar-refractivity contribution in [2.75, 3.05) is 17.7 Å². The molecule has 0 aliphatic heterocycles. The quantitative estimate of drug-likeness (QED) is 0.612. The molecule has 2 heterocycles. The van der Waals surface area contributed by atoms with Crippen LogP contribution in [0.25, 0.3) is 0 Å². The molecule has 0 spiro atoms. The summed E-state index contributed by atoms with van der Waals surface area (Å²) >= 11 is 2.77. The number of carbonyl (C=O) groups is 1. The maximum atomic E-state index is 12.1. The van der Waals surface area contributed by atoms with Gasteiger partial charge in [-0.1, -0.05) is 30.4 Å². The van der Waals surface area contributed by atoms with Crippen molar-refractivity contribution in [3.8, 4) is 0 Å². The monoisotopic (exact) mass is 389 g/mol. The number of methoxy groups -OCH3 is 1. The zero-order valence-corrected chi connectivity index (χ0v) is 16.1. The summed E-state index contributed by atoms with van der Waals surface area (Å²) < 4.78 is 4.99. The van der Waals surface area contributed by atoms with Crippen LogP contribution in [0.2, 0.25) is 0 Å². The Bertz CT molecular complexity index is 860. The average molecular weight is 390 g/mol. The van der Waals surface area contributed by atoms with E-state index < -0.39 is 0 Å².